The van der Waals surface area contributed by atoms with Gasteiger partial charge in [0.05, 0.1) is 17.8 Å². The molecular formula is C20H24N4O4. The van der Waals surface area contributed by atoms with Gasteiger partial charge in [0.2, 0.25) is 11.8 Å². The molecule has 0 aliphatic carbocycles. The Kier molecular flexibility index (Phi) is 7.65. The maximum absolute atomic E-state index is 12.1. The van der Waals surface area contributed by atoms with Crippen molar-refractivity contribution >= 4 is 23.2 Å². The van der Waals surface area contributed by atoms with E-state index in [0.29, 0.717) is 17.8 Å². The molecule has 0 aliphatic heterocycles. The topological polar surface area (TPSA) is 105 Å². The van der Waals surface area contributed by atoms with E-state index in [-0.39, 0.29) is 30.3 Å². The number of carbonyl (C=O) groups excluding carboxylic acids is 2. The fraction of sp³-hybridized carbons (Fsp3) is 0.300. The lowest BCUT2D eigenvalue weighted by atomic mass is 10.1. The normalized spacial score (nSPS) is 10.5. The predicted molar refractivity (Wildman–Crippen MR) is 107 cm³/mol. The molecule has 0 unspecified atom stereocenters. The Bertz CT molecular complexity index is 817. The second-order valence-corrected chi connectivity index (χ2v) is 6.68. The molecule has 0 radical (unpaired) electrons. The van der Waals surface area contributed by atoms with Crippen LogP contribution in [0.3, 0.4) is 0 Å². The number of non-ortho nitro benzene ring substituents is 1. The monoisotopic (exact) mass is 384 g/mol. The predicted octanol–water partition coefficient (Wildman–Crippen LogP) is 2.00. The molecule has 0 saturated heterocycles. The molecule has 148 valence electrons. The maximum atomic E-state index is 12.1. The van der Waals surface area contributed by atoms with Crippen LogP contribution in [-0.4, -0.2) is 48.8 Å². The van der Waals surface area contributed by atoms with E-state index in [1.54, 1.807) is 36.4 Å². The van der Waals surface area contributed by atoms with E-state index in [0.717, 1.165) is 12.1 Å². The molecule has 0 spiro atoms. The number of likely N-dealkylation sites (N-methyl/N-ethyl adjacent to an activating group) is 1. The number of benzene rings is 2. The molecule has 2 N–H and O–H groups in total. The lowest BCUT2D eigenvalue weighted by Crippen LogP contribution is -2.32. The second-order valence-electron chi connectivity index (χ2n) is 6.68. The molecule has 8 nitrogen and oxygen atoms in total. The number of nitro benzene ring substituents is 1. The van der Waals surface area contributed by atoms with Crippen molar-refractivity contribution in [1.82, 2.24) is 10.2 Å². The van der Waals surface area contributed by atoms with Gasteiger partial charge < -0.3 is 15.5 Å². The van der Waals surface area contributed by atoms with Gasteiger partial charge in [-0.05, 0) is 37.4 Å². The molecule has 8 heteroatoms. The lowest BCUT2D eigenvalue weighted by molar-refractivity contribution is -0.384. The minimum Gasteiger partial charge on any atom is -0.355 e. The number of nitrogens with one attached hydrogen (secondary N) is 2. The van der Waals surface area contributed by atoms with Crippen LogP contribution < -0.4 is 10.6 Å². The van der Waals surface area contributed by atoms with Crippen LogP contribution in [0.4, 0.5) is 11.4 Å². The molecule has 2 amide bonds. The maximum Gasteiger partial charge on any atom is 0.269 e. The first kappa shape index (κ1) is 21.0. The van der Waals surface area contributed by atoms with Gasteiger partial charge in [-0.25, -0.2) is 0 Å². The summed E-state index contributed by atoms with van der Waals surface area (Å²) in [5, 5.41) is 16.3. The number of nitro groups is 1. The van der Waals surface area contributed by atoms with Crippen molar-refractivity contribution in [1.29, 1.82) is 0 Å². The van der Waals surface area contributed by atoms with Gasteiger partial charge in [-0.3, -0.25) is 19.7 Å². The summed E-state index contributed by atoms with van der Waals surface area (Å²) in [6.45, 7) is 1.38. The molecule has 0 atom stereocenters. The largest absolute Gasteiger partial charge is 0.355 e. The fourth-order valence-corrected chi connectivity index (χ4v) is 2.50. The molecule has 0 heterocycles. The highest BCUT2D eigenvalue weighted by Crippen LogP contribution is 2.14. The minimum atomic E-state index is -0.478. The first-order chi connectivity index (χ1) is 13.3. The van der Waals surface area contributed by atoms with Crippen molar-refractivity contribution in [2.75, 3.05) is 32.5 Å². The zero-order valence-electron chi connectivity index (χ0n) is 16.0. The number of amides is 2. The highest BCUT2D eigenvalue weighted by molar-refractivity contribution is 5.92. The number of hydrogen-bond acceptors (Lipinski definition) is 5. The average Bonchev–Trinajstić information content (AvgIpc) is 2.63. The molecule has 0 aliphatic rings. The Hall–Kier alpha value is -3.26. The number of nitrogens with zero attached hydrogens (tertiary/aromatic N) is 2. The third kappa shape index (κ3) is 7.16. The van der Waals surface area contributed by atoms with Crippen LogP contribution in [0.5, 0.6) is 0 Å². The summed E-state index contributed by atoms with van der Waals surface area (Å²) in [4.78, 5) is 36.2. The number of carbonyl (C=O) groups is 2. The van der Waals surface area contributed by atoms with Gasteiger partial charge in [-0.1, -0.05) is 24.3 Å². The summed E-state index contributed by atoms with van der Waals surface area (Å²) < 4.78 is 0. The Balaban J connectivity index is 1.81. The van der Waals surface area contributed by atoms with Crippen molar-refractivity contribution in [3.63, 3.8) is 0 Å². The third-order valence-corrected chi connectivity index (χ3v) is 4.00. The van der Waals surface area contributed by atoms with Gasteiger partial charge in [0.1, 0.15) is 0 Å². The quantitative estimate of drug-likeness (QED) is 0.508. The number of hydrogen-bond donors (Lipinski definition) is 2. The zero-order chi connectivity index (χ0) is 20.5. The lowest BCUT2D eigenvalue weighted by Gasteiger charge is -2.10. The van der Waals surface area contributed by atoms with Crippen molar-refractivity contribution in [3.05, 3.63) is 69.8 Å². The van der Waals surface area contributed by atoms with Crippen LogP contribution in [0.2, 0.25) is 0 Å². The summed E-state index contributed by atoms with van der Waals surface area (Å²) in [7, 11) is 3.89. The SMILES string of the molecule is CN(C)CCNC(=O)Cc1ccc(NC(=O)Cc2ccc([N+](=O)[O-])cc2)cc1. The van der Waals surface area contributed by atoms with Gasteiger partial charge in [-0.15, -0.1) is 0 Å². The summed E-state index contributed by atoms with van der Waals surface area (Å²) in [6, 6.07) is 13.0. The molecule has 2 aromatic carbocycles. The summed E-state index contributed by atoms with van der Waals surface area (Å²) in [5.74, 6) is -0.264. The molecule has 0 bridgehead atoms. The van der Waals surface area contributed by atoms with Gasteiger partial charge in [0, 0.05) is 30.9 Å². The average molecular weight is 384 g/mol. The van der Waals surface area contributed by atoms with Crippen molar-refractivity contribution < 1.29 is 14.5 Å². The van der Waals surface area contributed by atoms with E-state index in [2.05, 4.69) is 10.6 Å². The summed E-state index contributed by atoms with van der Waals surface area (Å²) in [6.07, 6.45) is 0.401. The Morgan fingerprint density at radius 1 is 0.929 bits per heavy atom. The Morgan fingerprint density at radius 3 is 2.00 bits per heavy atom. The van der Waals surface area contributed by atoms with Crippen LogP contribution in [0.25, 0.3) is 0 Å². The molecular weight excluding hydrogens is 360 g/mol. The van der Waals surface area contributed by atoms with Crippen LogP contribution >= 0.6 is 0 Å². The fourth-order valence-electron chi connectivity index (χ4n) is 2.50. The molecule has 28 heavy (non-hydrogen) atoms. The smallest absolute Gasteiger partial charge is 0.269 e. The third-order valence-electron chi connectivity index (χ3n) is 4.00. The standard InChI is InChI=1S/C20H24N4O4/c1-23(2)12-11-21-19(25)13-15-3-7-17(8-4-15)22-20(26)14-16-5-9-18(10-6-16)24(27)28/h3-10H,11-14H2,1-2H3,(H,21,25)(H,22,26). The first-order valence-corrected chi connectivity index (χ1v) is 8.87. The van der Waals surface area contributed by atoms with E-state index in [9.17, 15) is 19.7 Å². The molecule has 2 rings (SSSR count). The Labute approximate surface area is 163 Å². The number of anilines is 1. The molecule has 0 saturated carbocycles. The van der Waals surface area contributed by atoms with E-state index >= 15 is 0 Å². The molecule has 0 aromatic heterocycles. The first-order valence-electron chi connectivity index (χ1n) is 8.87. The van der Waals surface area contributed by atoms with Gasteiger partial charge in [0.25, 0.3) is 5.69 Å². The Morgan fingerprint density at radius 2 is 1.46 bits per heavy atom. The highest BCUT2D eigenvalue weighted by Gasteiger charge is 2.08. The van der Waals surface area contributed by atoms with Gasteiger partial charge in [-0.2, -0.15) is 0 Å². The van der Waals surface area contributed by atoms with Crippen molar-refractivity contribution in [2.45, 2.75) is 12.8 Å². The van der Waals surface area contributed by atoms with E-state index in [1.165, 1.54) is 12.1 Å². The minimum absolute atomic E-state index is 0.00880. The molecule has 2 aromatic rings. The van der Waals surface area contributed by atoms with Gasteiger partial charge in [0.15, 0.2) is 0 Å². The van der Waals surface area contributed by atoms with Crippen LogP contribution in [0.15, 0.2) is 48.5 Å². The summed E-state index contributed by atoms with van der Waals surface area (Å²) in [5.41, 5.74) is 2.17. The van der Waals surface area contributed by atoms with Gasteiger partial charge >= 0.3 is 0 Å². The number of rotatable bonds is 9. The second kappa shape index (κ2) is 10.2. The van der Waals surface area contributed by atoms with E-state index in [1.807, 2.05) is 19.0 Å². The summed E-state index contributed by atoms with van der Waals surface area (Å²) >= 11 is 0. The highest BCUT2D eigenvalue weighted by atomic mass is 16.6. The van der Waals surface area contributed by atoms with Crippen molar-refractivity contribution in [3.8, 4) is 0 Å². The van der Waals surface area contributed by atoms with Crippen LogP contribution in [-0.2, 0) is 22.4 Å². The van der Waals surface area contributed by atoms with E-state index < -0.39 is 4.92 Å². The van der Waals surface area contributed by atoms with Crippen molar-refractivity contribution in [2.24, 2.45) is 0 Å². The zero-order valence-corrected chi connectivity index (χ0v) is 16.0. The van der Waals surface area contributed by atoms with E-state index in [4.69, 9.17) is 0 Å². The van der Waals surface area contributed by atoms with Crippen LogP contribution in [0.1, 0.15) is 11.1 Å². The molecule has 0 fully saturated rings. The van der Waals surface area contributed by atoms with Crippen LogP contribution in [0, 0.1) is 10.1 Å².